The number of fused-ring (bicyclic) bond motifs is 4. The molecule has 224 valence electrons. The molecule has 0 N–H and O–H groups in total. The average Bonchev–Trinajstić information content (AvgIpc) is 3.07. The number of benzene rings is 3. The normalized spacial score (nSPS) is 22.4. The first-order valence-electron chi connectivity index (χ1n) is 15.7. The SMILES string of the molecule is C#CCOCCOc1ccc(COc2ccc([C@H]3c4ccccc4CCN3C(=O)CCC34CCN(CC3)CC4)cc2)cc1. The van der Waals surface area contributed by atoms with Gasteiger partial charge in [0, 0.05) is 13.0 Å². The second-order valence-corrected chi connectivity index (χ2v) is 12.1. The molecule has 6 heteroatoms. The van der Waals surface area contributed by atoms with Gasteiger partial charge in [-0.05, 0) is 104 Å². The van der Waals surface area contributed by atoms with Crippen molar-refractivity contribution >= 4 is 5.91 Å². The zero-order chi connectivity index (χ0) is 29.5. The second kappa shape index (κ2) is 13.7. The lowest BCUT2D eigenvalue weighted by molar-refractivity contribution is -0.134. The highest BCUT2D eigenvalue weighted by atomic mass is 16.5. The number of carbonyl (C=O) groups is 1. The first-order chi connectivity index (χ1) is 21.1. The van der Waals surface area contributed by atoms with Gasteiger partial charge in [0.2, 0.25) is 5.91 Å². The first kappa shape index (κ1) is 29.3. The van der Waals surface area contributed by atoms with Crippen molar-refractivity contribution in [2.45, 2.75) is 51.2 Å². The van der Waals surface area contributed by atoms with Crippen molar-refractivity contribution in [2.24, 2.45) is 5.41 Å². The Kier molecular flexibility index (Phi) is 9.31. The molecule has 0 spiro atoms. The maximum absolute atomic E-state index is 13.8. The Bertz CT molecular complexity index is 1390. The molecular weight excluding hydrogens is 536 g/mol. The minimum atomic E-state index is -0.0679. The summed E-state index contributed by atoms with van der Waals surface area (Å²) < 4.78 is 17.0. The smallest absolute Gasteiger partial charge is 0.223 e. The van der Waals surface area contributed by atoms with E-state index in [2.05, 4.69) is 52.1 Å². The molecule has 4 aliphatic heterocycles. The third kappa shape index (κ3) is 7.06. The number of rotatable bonds is 12. The monoisotopic (exact) mass is 578 g/mol. The fourth-order valence-corrected chi connectivity index (χ4v) is 6.93. The number of hydrogen-bond acceptors (Lipinski definition) is 5. The molecule has 6 nitrogen and oxygen atoms in total. The quantitative estimate of drug-likeness (QED) is 0.194. The molecule has 1 atom stereocenters. The van der Waals surface area contributed by atoms with Crippen LogP contribution in [0.25, 0.3) is 0 Å². The highest BCUT2D eigenvalue weighted by molar-refractivity contribution is 5.78. The van der Waals surface area contributed by atoms with Gasteiger partial charge in [0.15, 0.2) is 0 Å². The van der Waals surface area contributed by atoms with Crippen LogP contribution in [0.4, 0.5) is 0 Å². The lowest BCUT2D eigenvalue weighted by atomic mass is 9.69. The van der Waals surface area contributed by atoms with Gasteiger partial charge in [-0.25, -0.2) is 0 Å². The molecule has 0 aliphatic carbocycles. The van der Waals surface area contributed by atoms with Gasteiger partial charge in [-0.15, -0.1) is 6.42 Å². The van der Waals surface area contributed by atoms with Crippen LogP contribution in [0.3, 0.4) is 0 Å². The number of hydrogen-bond donors (Lipinski definition) is 0. The lowest BCUT2D eigenvalue weighted by Crippen LogP contribution is -2.48. The van der Waals surface area contributed by atoms with Crippen LogP contribution in [-0.2, 0) is 22.6 Å². The molecule has 3 aromatic rings. The van der Waals surface area contributed by atoms with E-state index in [1.807, 2.05) is 36.4 Å². The van der Waals surface area contributed by atoms with E-state index < -0.39 is 0 Å². The number of ether oxygens (including phenoxy) is 3. The predicted octanol–water partition coefficient (Wildman–Crippen LogP) is 6.03. The summed E-state index contributed by atoms with van der Waals surface area (Å²) in [5.41, 5.74) is 5.13. The Morgan fingerprint density at radius 3 is 2.30 bits per heavy atom. The van der Waals surface area contributed by atoms with E-state index in [1.54, 1.807) is 0 Å². The standard InChI is InChI=1S/C37H42N2O4/c1-2-25-41-26-27-42-32-11-7-29(8-12-32)28-43-33-13-9-31(10-14-33)36-34-6-4-3-5-30(34)16-21-39(36)35(40)15-17-37-18-22-38(23-19-37)24-20-37/h1,3-14,36H,15-28H2/t36-/m0/s1. The molecule has 4 heterocycles. The van der Waals surface area contributed by atoms with Crippen molar-refractivity contribution in [3.63, 3.8) is 0 Å². The second-order valence-electron chi connectivity index (χ2n) is 12.1. The Morgan fingerprint density at radius 1 is 0.860 bits per heavy atom. The molecule has 0 saturated carbocycles. The van der Waals surface area contributed by atoms with E-state index in [4.69, 9.17) is 20.6 Å². The molecule has 0 radical (unpaired) electrons. The van der Waals surface area contributed by atoms with Crippen LogP contribution in [0.2, 0.25) is 0 Å². The summed E-state index contributed by atoms with van der Waals surface area (Å²) >= 11 is 0. The Morgan fingerprint density at radius 2 is 1.56 bits per heavy atom. The minimum Gasteiger partial charge on any atom is -0.491 e. The number of piperidine rings is 3. The Hall–Kier alpha value is -3.79. The van der Waals surface area contributed by atoms with Crippen molar-refractivity contribution in [3.05, 3.63) is 95.1 Å². The molecule has 1 amide bonds. The zero-order valence-corrected chi connectivity index (χ0v) is 25.0. The van der Waals surface area contributed by atoms with E-state index in [0.29, 0.717) is 38.3 Å². The molecule has 4 aliphatic rings. The summed E-state index contributed by atoms with van der Waals surface area (Å²) in [4.78, 5) is 18.5. The molecule has 7 rings (SSSR count). The number of nitrogens with zero attached hydrogens (tertiary/aromatic N) is 2. The lowest BCUT2D eigenvalue weighted by Gasteiger charge is -2.49. The summed E-state index contributed by atoms with van der Waals surface area (Å²) in [6.07, 6.45) is 11.5. The van der Waals surface area contributed by atoms with Crippen molar-refractivity contribution in [1.29, 1.82) is 0 Å². The summed E-state index contributed by atoms with van der Waals surface area (Å²) in [6, 6.07) is 24.7. The molecule has 3 saturated heterocycles. The Labute approximate surface area is 255 Å². The van der Waals surface area contributed by atoms with Gasteiger partial charge in [0.1, 0.15) is 31.3 Å². The van der Waals surface area contributed by atoms with Gasteiger partial charge >= 0.3 is 0 Å². The van der Waals surface area contributed by atoms with Crippen molar-refractivity contribution in [3.8, 4) is 23.8 Å². The summed E-state index contributed by atoms with van der Waals surface area (Å²) in [6.45, 7) is 6.04. The third-order valence-electron chi connectivity index (χ3n) is 9.55. The highest BCUT2D eigenvalue weighted by Gasteiger charge is 2.40. The van der Waals surface area contributed by atoms with Crippen LogP contribution in [0.1, 0.15) is 60.4 Å². The van der Waals surface area contributed by atoms with Gasteiger partial charge < -0.3 is 24.0 Å². The molecule has 43 heavy (non-hydrogen) atoms. The fourth-order valence-electron chi connectivity index (χ4n) is 6.93. The topological polar surface area (TPSA) is 51.2 Å². The van der Waals surface area contributed by atoms with Crippen LogP contribution in [-0.4, -0.2) is 61.7 Å². The van der Waals surface area contributed by atoms with E-state index >= 15 is 0 Å². The van der Waals surface area contributed by atoms with Gasteiger partial charge in [-0.3, -0.25) is 4.79 Å². The van der Waals surface area contributed by atoms with Gasteiger partial charge in [-0.2, -0.15) is 0 Å². The largest absolute Gasteiger partial charge is 0.491 e. The third-order valence-corrected chi connectivity index (χ3v) is 9.55. The van der Waals surface area contributed by atoms with Gasteiger partial charge in [0.05, 0.1) is 12.6 Å². The van der Waals surface area contributed by atoms with E-state index in [-0.39, 0.29) is 11.9 Å². The van der Waals surface area contributed by atoms with Gasteiger partial charge in [0.25, 0.3) is 0 Å². The van der Waals surface area contributed by atoms with E-state index in [9.17, 15) is 4.79 Å². The van der Waals surface area contributed by atoms with Crippen molar-refractivity contribution in [2.75, 3.05) is 46.0 Å². The van der Waals surface area contributed by atoms with E-state index in [1.165, 1.54) is 50.0 Å². The maximum atomic E-state index is 13.8. The van der Waals surface area contributed by atoms with Crippen LogP contribution < -0.4 is 9.47 Å². The fraction of sp³-hybridized carbons (Fsp3) is 0.432. The van der Waals surface area contributed by atoms with Crippen LogP contribution in [0.15, 0.2) is 72.8 Å². The molecular formula is C37H42N2O4. The maximum Gasteiger partial charge on any atom is 0.223 e. The zero-order valence-electron chi connectivity index (χ0n) is 25.0. The summed E-state index contributed by atoms with van der Waals surface area (Å²) in [7, 11) is 0. The van der Waals surface area contributed by atoms with Crippen LogP contribution in [0.5, 0.6) is 11.5 Å². The molecule has 2 bridgehead atoms. The Balaban J connectivity index is 1.08. The molecule has 3 fully saturated rings. The number of carbonyl (C=O) groups excluding carboxylic acids is 1. The first-order valence-corrected chi connectivity index (χ1v) is 15.7. The molecule has 0 unspecified atom stereocenters. The van der Waals surface area contributed by atoms with Gasteiger partial charge in [-0.1, -0.05) is 54.5 Å². The number of terminal acetylenes is 1. The molecule has 3 aromatic carbocycles. The van der Waals surface area contributed by atoms with Crippen LogP contribution >= 0.6 is 0 Å². The number of amides is 1. The highest BCUT2D eigenvalue weighted by Crippen LogP contribution is 2.44. The van der Waals surface area contributed by atoms with E-state index in [0.717, 1.165) is 42.0 Å². The molecule has 0 aromatic heterocycles. The summed E-state index contributed by atoms with van der Waals surface area (Å²) in [5, 5.41) is 0. The summed E-state index contributed by atoms with van der Waals surface area (Å²) in [5.74, 6) is 4.32. The minimum absolute atomic E-state index is 0.0679. The average molecular weight is 579 g/mol. The van der Waals surface area contributed by atoms with Crippen LogP contribution in [0, 0.1) is 17.8 Å². The predicted molar refractivity (Wildman–Crippen MR) is 168 cm³/mol. The van der Waals surface area contributed by atoms with Crippen molar-refractivity contribution in [1.82, 2.24) is 9.80 Å². The van der Waals surface area contributed by atoms with Crippen molar-refractivity contribution < 1.29 is 19.0 Å².